The molecule has 2 aromatic rings. The van der Waals surface area contributed by atoms with Crippen molar-refractivity contribution in [2.45, 2.75) is 84.0 Å². The minimum absolute atomic E-state index is 0. The lowest BCUT2D eigenvalue weighted by Gasteiger charge is -2.37. The van der Waals surface area contributed by atoms with E-state index < -0.39 is 30.1 Å². The number of carboxylic acid groups (broad SMARTS) is 1. The summed E-state index contributed by atoms with van der Waals surface area (Å²) in [5.41, 5.74) is 4.07. The third-order valence-corrected chi connectivity index (χ3v) is 6.73. The summed E-state index contributed by atoms with van der Waals surface area (Å²) in [5, 5.41) is 13.0. The predicted octanol–water partition coefficient (Wildman–Crippen LogP) is 4.44. The highest BCUT2D eigenvalue weighted by atomic mass is 79.9. The quantitative estimate of drug-likeness (QED) is 0.430. The predicted molar refractivity (Wildman–Crippen MR) is 149 cm³/mol. The van der Waals surface area contributed by atoms with E-state index >= 15 is 0 Å². The lowest BCUT2D eigenvalue weighted by molar-refractivity contribution is -0.153. The maximum absolute atomic E-state index is 13.5. The average molecular weight is 576 g/mol. The van der Waals surface area contributed by atoms with E-state index in [4.69, 9.17) is 4.74 Å². The number of hydrogen-bond acceptors (Lipinski definition) is 5. The number of carbonyl (C=O) groups excluding carboxylic acids is 2. The van der Waals surface area contributed by atoms with Gasteiger partial charge < -0.3 is 14.7 Å². The summed E-state index contributed by atoms with van der Waals surface area (Å²) in [4.78, 5) is 39.7. The number of nitrogens with one attached hydrogen (secondary N) is 1. The second kappa shape index (κ2) is 13.2. The minimum atomic E-state index is -1.04. The van der Waals surface area contributed by atoms with Crippen LogP contribution in [0.5, 0.6) is 0 Å². The molecule has 2 aromatic carbocycles. The Labute approximate surface area is 230 Å². The van der Waals surface area contributed by atoms with Gasteiger partial charge in [-0.05, 0) is 54.4 Å². The van der Waals surface area contributed by atoms with E-state index in [0.717, 1.165) is 22.3 Å². The highest BCUT2D eigenvalue weighted by Crippen LogP contribution is 2.30. The molecule has 0 aromatic heterocycles. The van der Waals surface area contributed by atoms with Gasteiger partial charge in [0.25, 0.3) is 0 Å². The molecule has 1 amide bonds. The molecular formula is C29H39BrN2O5. The number of esters is 1. The summed E-state index contributed by atoms with van der Waals surface area (Å²) in [5.74, 6) is -1.79. The molecule has 7 nitrogen and oxygen atoms in total. The fourth-order valence-corrected chi connectivity index (χ4v) is 4.59. The van der Waals surface area contributed by atoms with E-state index in [9.17, 15) is 19.5 Å². The van der Waals surface area contributed by atoms with Crippen molar-refractivity contribution < 1.29 is 24.2 Å². The average Bonchev–Trinajstić information content (AvgIpc) is 2.84. The first kappa shape index (κ1) is 30.5. The Kier molecular flexibility index (Phi) is 10.9. The maximum Gasteiger partial charge on any atom is 0.326 e. The van der Waals surface area contributed by atoms with Crippen molar-refractivity contribution in [1.29, 1.82) is 0 Å². The van der Waals surface area contributed by atoms with Crippen LogP contribution in [0.15, 0.2) is 48.5 Å². The fourth-order valence-electron chi connectivity index (χ4n) is 4.59. The second-order valence-electron chi connectivity index (χ2n) is 10.5. The number of carboxylic acids is 1. The molecule has 2 N–H and O–H groups in total. The summed E-state index contributed by atoms with van der Waals surface area (Å²) >= 11 is 0. The molecule has 0 fully saturated rings. The molecule has 0 bridgehead atoms. The van der Waals surface area contributed by atoms with Crippen LogP contribution in [0.1, 0.15) is 63.3 Å². The molecule has 37 heavy (non-hydrogen) atoms. The van der Waals surface area contributed by atoms with Crippen LogP contribution in [-0.2, 0) is 43.9 Å². The van der Waals surface area contributed by atoms with Gasteiger partial charge in [0.05, 0.1) is 12.6 Å². The Morgan fingerprint density at radius 2 is 1.78 bits per heavy atom. The van der Waals surface area contributed by atoms with Crippen LogP contribution in [0.3, 0.4) is 0 Å². The number of aryl methyl sites for hydroxylation is 1. The van der Waals surface area contributed by atoms with Gasteiger partial charge in [-0.2, -0.15) is 0 Å². The highest BCUT2D eigenvalue weighted by molar-refractivity contribution is 8.93. The number of aliphatic carboxylic acids is 1. The largest absolute Gasteiger partial charge is 0.480 e. The second-order valence-corrected chi connectivity index (χ2v) is 10.5. The number of halogens is 1. The Balaban J connectivity index is 0.00000481. The molecule has 8 heteroatoms. The van der Waals surface area contributed by atoms with Gasteiger partial charge in [-0.15, -0.1) is 17.0 Å². The van der Waals surface area contributed by atoms with Crippen molar-refractivity contribution in [2.75, 3.05) is 6.61 Å². The molecular weight excluding hydrogens is 536 g/mol. The molecule has 1 aliphatic rings. The zero-order valence-electron chi connectivity index (χ0n) is 22.3. The normalized spacial score (nSPS) is 16.7. The van der Waals surface area contributed by atoms with Gasteiger partial charge in [0, 0.05) is 13.0 Å². The number of amides is 1. The van der Waals surface area contributed by atoms with Gasteiger partial charge in [-0.3, -0.25) is 14.9 Å². The SMILES string of the molecule is Br.CCOC(=O)[C@H](CCc1ccccc1)N[C@@H](C)C(=O)N1Cc2cc(C(C)(C)C)ccc2C[C@H]1C(=O)O. The van der Waals surface area contributed by atoms with E-state index in [1.165, 1.54) is 4.90 Å². The minimum Gasteiger partial charge on any atom is -0.480 e. The zero-order valence-corrected chi connectivity index (χ0v) is 24.0. The van der Waals surface area contributed by atoms with Crippen molar-refractivity contribution in [1.82, 2.24) is 10.2 Å². The van der Waals surface area contributed by atoms with Gasteiger partial charge in [-0.1, -0.05) is 69.3 Å². The molecule has 0 saturated carbocycles. The molecule has 0 aliphatic carbocycles. The topological polar surface area (TPSA) is 95.9 Å². The molecule has 1 heterocycles. The number of ether oxygens (including phenoxy) is 1. The molecule has 3 rings (SSSR count). The van der Waals surface area contributed by atoms with Crippen molar-refractivity contribution in [2.24, 2.45) is 0 Å². The lowest BCUT2D eigenvalue weighted by atomic mass is 9.83. The Morgan fingerprint density at radius 3 is 2.38 bits per heavy atom. The summed E-state index contributed by atoms with van der Waals surface area (Å²) in [7, 11) is 0. The molecule has 1 aliphatic heterocycles. The number of benzene rings is 2. The molecule has 0 unspecified atom stereocenters. The number of hydrogen-bond donors (Lipinski definition) is 2. The third-order valence-electron chi connectivity index (χ3n) is 6.73. The zero-order chi connectivity index (χ0) is 26.5. The first-order valence-electron chi connectivity index (χ1n) is 12.6. The number of rotatable bonds is 9. The van der Waals surface area contributed by atoms with Gasteiger partial charge in [-0.25, -0.2) is 4.79 Å². The Morgan fingerprint density at radius 1 is 1.11 bits per heavy atom. The van der Waals surface area contributed by atoms with E-state index in [0.29, 0.717) is 12.8 Å². The van der Waals surface area contributed by atoms with Gasteiger partial charge in [0.15, 0.2) is 0 Å². The third kappa shape index (κ3) is 7.89. The van der Waals surface area contributed by atoms with Crippen LogP contribution in [0.25, 0.3) is 0 Å². The smallest absolute Gasteiger partial charge is 0.326 e. The van der Waals surface area contributed by atoms with Crippen molar-refractivity contribution >= 4 is 34.8 Å². The summed E-state index contributed by atoms with van der Waals surface area (Å²) < 4.78 is 5.25. The summed E-state index contributed by atoms with van der Waals surface area (Å²) in [6, 6.07) is 13.5. The molecule has 202 valence electrons. The Bertz CT molecular complexity index is 1080. The number of fused-ring (bicyclic) bond motifs is 1. The van der Waals surface area contributed by atoms with Crippen molar-refractivity contribution in [3.8, 4) is 0 Å². The van der Waals surface area contributed by atoms with Crippen LogP contribution in [0, 0.1) is 0 Å². The van der Waals surface area contributed by atoms with Crippen LogP contribution < -0.4 is 5.32 Å². The molecule has 3 atom stereocenters. The monoisotopic (exact) mass is 574 g/mol. The standard InChI is InChI=1S/C29H38N2O5.BrH/c1-6-36-28(35)24(15-12-20-10-8-7-9-11-20)30-19(2)26(32)31-18-22-16-23(29(3,4)5)14-13-21(22)17-25(31)27(33)34;/h7-11,13-14,16,19,24-25,30H,6,12,15,17-18H2,1-5H3,(H,33,34);1H/t19-,24-,25-;/m0./s1. The van der Waals surface area contributed by atoms with Gasteiger partial charge in [0.2, 0.25) is 5.91 Å². The molecule has 0 saturated heterocycles. The molecule has 0 spiro atoms. The fraction of sp³-hybridized carbons (Fsp3) is 0.483. The first-order chi connectivity index (χ1) is 17.0. The highest BCUT2D eigenvalue weighted by Gasteiger charge is 2.37. The van der Waals surface area contributed by atoms with E-state index in [1.807, 2.05) is 42.5 Å². The molecule has 0 radical (unpaired) electrons. The Hall–Kier alpha value is -2.71. The van der Waals surface area contributed by atoms with E-state index in [2.05, 4.69) is 32.2 Å². The van der Waals surface area contributed by atoms with Gasteiger partial charge in [0.1, 0.15) is 12.1 Å². The maximum atomic E-state index is 13.5. The number of carbonyl (C=O) groups is 3. The number of nitrogens with zero attached hydrogens (tertiary/aromatic N) is 1. The summed E-state index contributed by atoms with van der Waals surface area (Å²) in [6.45, 7) is 10.2. The van der Waals surface area contributed by atoms with Crippen LogP contribution in [-0.4, -0.2) is 52.6 Å². The first-order valence-corrected chi connectivity index (χ1v) is 12.6. The van der Waals surface area contributed by atoms with Crippen LogP contribution >= 0.6 is 17.0 Å². The van der Waals surface area contributed by atoms with Gasteiger partial charge >= 0.3 is 11.9 Å². The van der Waals surface area contributed by atoms with Crippen molar-refractivity contribution in [3.05, 3.63) is 70.8 Å². The van der Waals surface area contributed by atoms with Crippen LogP contribution in [0.2, 0.25) is 0 Å². The van der Waals surface area contributed by atoms with E-state index in [1.54, 1.807) is 13.8 Å². The van der Waals surface area contributed by atoms with Crippen molar-refractivity contribution in [3.63, 3.8) is 0 Å². The lowest BCUT2D eigenvalue weighted by Crippen LogP contribution is -2.56. The summed E-state index contributed by atoms with van der Waals surface area (Å²) in [6.07, 6.45) is 1.35. The van der Waals surface area contributed by atoms with E-state index in [-0.39, 0.29) is 47.9 Å². The van der Waals surface area contributed by atoms with Crippen LogP contribution in [0.4, 0.5) is 0 Å².